The van der Waals surface area contributed by atoms with Crippen molar-refractivity contribution in [3.8, 4) is 0 Å². The number of sulfonamides is 1. The average molecular weight is 297 g/mol. The first kappa shape index (κ1) is 15.0. The zero-order valence-electron chi connectivity index (χ0n) is 11.2. The Morgan fingerprint density at radius 1 is 1.30 bits per heavy atom. The Morgan fingerprint density at radius 2 is 1.95 bits per heavy atom. The highest BCUT2D eigenvalue weighted by atomic mass is 32.2. The fraction of sp³-hybridized carbons (Fsp3) is 0.462. The minimum absolute atomic E-state index is 0.00757. The topological polar surface area (TPSA) is 106 Å². The maximum absolute atomic E-state index is 11.2. The number of primary sulfonamides is 1. The van der Waals surface area contributed by atoms with Crippen LogP contribution in [0.5, 0.6) is 0 Å². The summed E-state index contributed by atoms with van der Waals surface area (Å²) in [6, 6.07) is 7.02. The molecule has 0 aromatic heterocycles. The van der Waals surface area contributed by atoms with Crippen molar-refractivity contribution < 1.29 is 13.2 Å². The van der Waals surface area contributed by atoms with E-state index in [0.29, 0.717) is 12.1 Å². The van der Waals surface area contributed by atoms with E-state index in [9.17, 15) is 13.2 Å². The number of carbonyl (C=O) groups is 1. The molecule has 4 N–H and O–H groups in total. The van der Waals surface area contributed by atoms with Crippen LogP contribution in [0.4, 0.5) is 0 Å². The van der Waals surface area contributed by atoms with E-state index in [2.05, 4.69) is 4.90 Å². The molecule has 110 valence electrons. The molecule has 1 aromatic carbocycles. The van der Waals surface area contributed by atoms with Crippen LogP contribution in [-0.2, 0) is 16.6 Å². The molecule has 0 saturated carbocycles. The summed E-state index contributed by atoms with van der Waals surface area (Å²) < 4.78 is 22.4. The van der Waals surface area contributed by atoms with Crippen LogP contribution in [0.2, 0.25) is 0 Å². The van der Waals surface area contributed by atoms with Crippen molar-refractivity contribution in [2.45, 2.75) is 25.4 Å². The third-order valence-electron chi connectivity index (χ3n) is 3.55. The first-order chi connectivity index (χ1) is 9.35. The van der Waals surface area contributed by atoms with Gasteiger partial charge in [-0.05, 0) is 37.1 Å². The van der Waals surface area contributed by atoms with Crippen LogP contribution in [-0.4, -0.2) is 37.6 Å². The van der Waals surface area contributed by atoms with E-state index in [1.807, 2.05) is 12.1 Å². The summed E-state index contributed by atoms with van der Waals surface area (Å²) in [6.45, 7) is 1.51. The van der Waals surface area contributed by atoms with Crippen molar-refractivity contribution >= 4 is 15.9 Å². The molecule has 2 rings (SSSR count). The van der Waals surface area contributed by atoms with E-state index in [1.165, 1.54) is 0 Å². The van der Waals surface area contributed by atoms with Crippen molar-refractivity contribution in [2.75, 3.05) is 12.3 Å². The molecule has 1 fully saturated rings. The first-order valence-corrected chi connectivity index (χ1v) is 8.20. The van der Waals surface area contributed by atoms with Crippen molar-refractivity contribution in [3.05, 3.63) is 35.4 Å². The minimum atomic E-state index is -3.45. The first-order valence-electron chi connectivity index (χ1n) is 6.48. The van der Waals surface area contributed by atoms with E-state index < -0.39 is 15.9 Å². The summed E-state index contributed by atoms with van der Waals surface area (Å²) in [5.74, 6) is -0.461. The number of amides is 1. The fourth-order valence-corrected chi connectivity index (χ4v) is 3.48. The molecule has 1 aliphatic heterocycles. The molecule has 0 aliphatic carbocycles. The maximum atomic E-state index is 11.2. The van der Waals surface area contributed by atoms with Gasteiger partial charge in [-0.1, -0.05) is 12.1 Å². The SMILES string of the molecule is NC(=O)c1ccc(CN2CCC[C@H]2CS(N)(=O)=O)cc1. The third kappa shape index (κ3) is 4.03. The molecule has 0 unspecified atom stereocenters. The van der Waals surface area contributed by atoms with Gasteiger partial charge in [0.25, 0.3) is 0 Å². The molecule has 0 radical (unpaired) electrons. The second-order valence-corrected chi connectivity index (χ2v) is 6.82. The van der Waals surface area contributed by atoms with Crippen molar-refractivity contribution in [3.63, 3.8) is 0 Å². The van der Waals surface area contributed by atoms with Gasteiger partial charge in [-0.25, -0.2) is 13.6 Å². The predicted molar refractivity (Wildman–Crippen MR) is 76.4 cm³/mol. The summed E-state index contributed by atoms with van der Waals surface area (Å²) in [6.07, 6.45) is 1.81. The molecule has 1 aromatic rings. The summed E-state index contributed by atoms with van der Waals surface area (Å²) in [7, 11) is -3.45. The van der Waals surface area contributed by atoms with Crippen LogP contribution in [0.1, 0.15) is 28.8 Å². The van der Waals surface area contributed by atoms with Crippen molar-refractivity contribution in [1.29, 1.82) is 0 Å². The number of primary amides is 1. The van der Waals surface area contributed by atoms with E-state index in [1.54, 1.807) is 12.1 Å². The van der Waals surface area contributed by atoms with E-state index in [0.717, 1.165) is 24.9 Å². The lowest BCUT2D eigenvalue weighted by Gasteiger charge is -2.23. The number of benzene rings is 1. The van der Waals surface area contributed by atoms with Gasteiger partial charge < -0.3 is 5.73 Å². The Kier molecular flexibility index (Phi) is 4.42. The summed E-state index contributed by atoms with van der Waals surface area (Å²) in [4.78, 5) is 13.1. The molecule has 1 atom stereocenters. The lowest BCUT2D eigenvalue weighted by Crippen LogP contribution is -2.36. The number of carbonyl (C=O) groups excluding carboxylic acids is 1. The Hall–Kier alpha value is -1.44. The molecule has 1 heterocycles. The summed E-state index contributed by atoms with van der Waals surface area (Å²) in [5, 5.41) is 5.12. The molecular formula is C13H19N3O3S. The Bertz CT molecular complexity index is 583. The van der Waals surface area contributed by atoms with Gasteiger partial charge in [-0.15, -0.1) is 0 Å². The molecule has 0 spiro atoms. The lowest BCUT2D eigenvalue weighted by molar-refractivity contribution is 0.1000. The van der Waals surface area contributed by atoms with Crippen LogP contribution in [0.3, 0.4) is 0 Å². The number of likely N-dealkylation sites (tertiary alicyclic amines) is 1. The number of nitrogens with zero attached hydrogens (tertiary/aromatic N) is 1. The minimum Gasteiger partial charge on any atom is -0.366 e. The van der Waals surface area contributed by atoms with Gasteiger partial charge in [0.15, 0.2) is 0 Å². The number of rotatable bonds is 5. The van der Waals surface area contributed by atoms with Crippen LogP contribution in [0.25, 0.3) is 0 Å². The molecule has 7 heteroatoms. The molecule has 1 saturated heterocycles. The van der Waals surface area contributed by atoms with Gasteiger partial charge in [0, 0.05) is 18.2 Å². The smallest absolute Gasteiger partial charge is 0.248 e. The molecule has 0 bridgehead atoms. The second kappa shape index (κ2) is 5.90. The molecule has 6 nitrogen and oxygen atoms in total. The van der Waals surface area contributed by atoms with Gasteiger partial charge in [0.05, 0.1) is 5.75 Å². The average Bonchev–Trinajstić information content (AvgIpc) is 2.75. The third-order valence-corrected chi connectivity index (χ3v) is 4.40. The normalized spacial score (nSPS) is 20.1. The van der Waals surface area contributed by atoms with Crippen LogP contribution in [0, 0.1) is 0 Å². The van der Waals surface area contributed by atoms with Gasteiger partial charge in [-0.2, -0.15) is 0 Å². The highest BCUT2D eigenvalue weighted by Gasteiger charge is 2.27. The standard InChI is InChI=1S/C13H19N3O3S/c14-13(17)11-5-3-10(4-6-11)8-16-7-1-2-12(16)9-20(15,18)19/h3-6,12H,1-2,7-9H2,(H2,14,17)(H2,15,18,19)/t12-/m0/s1. The van der Waals surface area contributed by atoms with Crippen LogP contribution < -0.4 is 10.9 Å². The number of hydrogen-bond donors (Lipinski definition) is 2. The lowest BCUT2D eigenvalue weighted by atomic mass is 10.1. The highest BCUT2D eigenvalue weighted by molar-refractivity contribution is 7.89. The maximum Gasteiger partial charge on any atom is 0.248 e. The largest absolute Gasteiger partial charge is 0.366 e. The number of nitrogens with two attached hydrogens (primary N) is 2. The molecule has 20 heavy (non-hydrogen) atoms. The summed E-state index contributed by atoms with van der Waals surface area (Å²) in [5.41, 5.74) is 6.68. The van der Waals surface area contributed by atoms with Gasteiger partial charge in [0.1, 0.15) is 0 Å². The molecule has 1 amide bonds. The monoisotopic (exact) mass is 297 g/mol. The van der Waals surface area contributed by atoms with E-state index in [4.69, 9.17) is 10.9 Å². The van der Waals surface area contributed by atoms with Gasteiger partial charge >= 0.3 is 0 Å². The predicted octanol–water partition coefficient (Wildman–Crippen LogP) is 0.0384. The van der Waals surface area contributed by atoms with Gasteiger partial charge in [-0.3, -0.25) is 9.69 Å². The Labute approximate surface area is 118 Å². The molecular weight excluding hydrogens is 278 g/mol. The zero-order chi connectivity index (χ0) is 14.8. The zero-order valence-corrected chi connectivity index (χ0v) is 12.0. The summed E-state index contributed by atoms with van der Waals surface area (Å²) >= 11 is 0. The fourth-order valence-electron chi connectivity index (χ4n) is 2.57. The number of hydrogen-bond acceptors (Lipinski definition) is 4. The Balaban J connectivity index is 2.03. The highest BCUT2D eigenvalue weighted by Crippen LogP contribution is 2.21. The van der Waals surface area contributed by atoms with Crippen molar-refractivity contribution in [2.24, 2.45) is 10.9 Å². The van der Waals surface area contributed by atoms with Gasteiger partial charge in [0.2, 0.25) is 15.9 Å². The van der Waals surface area contributed by atoms with E-state index in [-0.39, 0.29) is 11.8 Å². The van der Waals surface area contributed by atoms with Crippen molar-refractivity contribution in [1.82, 2.24) is 4.90 Å². The second-order valence-electron chi connectivity index (χ2n) is 5.16. The van der Waals surface area contributed by atoms with Crippen LogP contribution in [0.15, 0.2) is 24.3 Å². The Morgan fingerprint density at radius 3 is 2.50 bits per heavy atom. The molecule has 1 aliphatic rings. The quantitative estimate of drug-likeness (QED) is 0.800. The van der Waals surface area contributed by atoms with Crippen LogP contribution >= 0.6 is 0 Å². The van der Waals surface area contributed by atoms with E-state index >= 15 is 0 Å².